The van der Waals surface area contributed by atoms with Gasteiger partial charge in [0.1, 0.15) is 18.3 Å². The maximum Gasteiger partial charge on any atom is 0.264 e. The van der Waals surface area contributed by atoms with E-state index in [4.69, 9.17) is 16.3 Å². The van der Waals surface area contributed by atoms with Crippen LogP contribution in [0.4, 0.5) is 5.69 Å². The average molecular weight is 614 g/mol. The van der Waals surface area contributed by atoms with Gasteiger partial charge in [0.25, 0.3) is 10.0 Å². The van der Waals surface area contributed by atoms with Crippen LogP contribution < -0.4 is 14.4 Å². The van der Waals surface area contributed by atoms with Gasteiger partial charge in [0.05, 0.1) is 17.7 Å². The standard InChI is InChI=1S/C32H40ClN3O5S/c1-7-28(32(38)34-19-22(2)3)35(20-25-10-8-9-11-27(25)33)31(37)21-36(29-18-24(5)14-17-30(29)41-6)42(39,40)26-15-12-23(4)13-16-26/h8-18,22,28H,7,19-21H2,1-6H3,(H,34,38). The molecular formula is C32H40ClN3O5S. The molecule has 226 valence electrons. The van der Waals surface area contributed by atoms with Gasteiger partial charge < -0.3 is 15.0 Å². The minimum Gasteiger partial charge on any atom is -0.495 e. The van der Waals surface area contributed by atoms with Crippen molar-refractivity contribution < 1.29 is 22.7 Å². The average Bonchev–Trinajstić information content (AvgIpc) is 2.95. The monoisotopic (exact) mass is 613 g/mol. The van der Waals surface area contributed by atoms with E-state index in [-0.39, 0.29) is 29.0 Å². The number of ether oxygens (including phenoxy) is 1. The van der Waals surface area contributed by atoms with E-state index in [1.54, 1.807) is 54.6 Å². The van der Waals surface area contributed by atoms with Crippen LogP contribution in [0.15, 0.2) is 71.6 Å². The van der Waals surface area contributed by atoms with E-state index in [0.29, 0.717) is 29.3 Å². The fraction of sp³-hybridized carbons (Fsp3) is 0.375. The van der Waals surface area contributed by atoms with Gasteiger partial charge in [-0.3, -0.25) is 13.9 Å². The Morgan fingerprint density at radius 3 is 2.21 bits per heavy atom. The molecule has 1 atom stereocenters. The molecular weight excluding hydrogens is 574 g/mol. The maximum absolute atomic E-state index is 14.3. The van der Waals surface area contributed by atoms with Crippen LogP contribution in [0.5, 0.6) is 5.75 Å². The predicted molar refractivity (Wildman–Crippen MR) is 167 cm³/mol. The number of carbonyl (C=O) groups excluding carboxylic acids is 2. The molecule has 2 amide bonds. The van der Waals surface area contributed by atoms with E-state index in [2.05, 4.69) is 5.32 Å². The molecule has 8 nitrogen and oxygen atoms in total. The minimum atomic E-state index is -4.22. The fourth-order valence-electron chi connectivity index (χ4n) is 4.50. The molecule has 0 aromatic heterocycles. The second kappa shape index (κ2) is 14.6. The summed E-state index contributed by atoms with van der Waals surface area (Å²) in [6.07, 6.45) is 0.318. The van der Waals surface area contributed by atoms with Crippen molar-refractivity contribution in [2.45, 2.75) is 58.5 Å². The number of hydrogen-bond donors (Lipinski definition) is 1. The van der Waals surface area contributed by atoms with Crippen LogP contribution in [0.1, 0.15) is 43.9 Å². The summed E-state index contributed by atoms with van der Waals surface area (Å²) in [4.78, 5) is 29.1. The van der Waals surface area contributed by atoms with Crippen molar-refractivity contribution in [3.8, 4) is 5.75 Å². The molecule has 0 bridgehead atoms. The molecule has 3 rings (SSSR count). The summed E-state index contributed by atoms with van der Waals surface area (Å²) < 4.78 is 34.9. The summed E-state index contributed by atoms with van der Waals surface area (Å²) in [6.45, 7) is 9.38. The Morgan fingerprint density at radius 1 is 0.976 bits per heavy atom. The smallest absolute Gasteiger partial charge is 0.264 e. The van der Waals surface area contributed by atoms with Gasteiger partial charge in [-0.05, 0) is 67.6 Å². The number of benzene rings is 3. The Hall–Kier alpha value is -3.56. The summed E-state index contributed by atoms with van der Waals surface area (Å²) in [5, 5.41) is 3.37. The van der Waals surface area contributed by atoms with Crippen molar-refractivity contribution >= 4 is 39.1 Å². The number of aryl methyl sites for hydroxylation is 2. The van der Waals surface area contributed by atoms with E-state index >= 15 is 0 Å². The normalized spacial score (nSPS) is 12.1. The van der Waals surface area contributed by atoms with Crippen LogP contribution in [0.3, 0.4) is 0 Å². The molecule has 1 N–H and O–H groups in total. The molecule has 0 spiro atoms. The molecule has 0 aliphatic carbocycles. The Labute approximate surface area is 254 Å². The molecule has 1 unspecified atom stereocenters. The first kappa shape index (κ1) is 32.9. The number of carbonyl (C=O) groups is 2. The number of hydrogen-bond acceptors (Lipinski definition) is 5. The minimum absolute atomic E-state index is 0.0233. The zero-order chi connectivity index (χ0) is 31.0. The number of anilines is 1. The van der Waals surface area contributed by atoms with E-state index in [1.807, 2.05) is 34.6 Å². The third-order valence-electron chi connectivity index (χ3n) is 6.86. The molecule has 42 heavy (non-hydrogen) atoms. The molecule has 0 heterocycles. The zero-order valence-corrected chi connectivity index (χ0v) is 26.6. The molecule has 0 saturated heterocycles. The lowest BCUT2D eigenvalue weighted by Crippen LogP contribution is -2.52. The highest BCUT2D eigenvalue weighted by atomic mass is 35.5. The first-order chi connectivity index (χ1) is 19.9. The molecule has 0 radical (unpaired) electrons. The third-order valence-corrected chi connectivity index (χ3v) is 9.00. The molecule has 0 aliphatic rings. The lowest BCUT2D eigenvalue weighted by atomic mass is 10.1. The van der Waals surface area contributed by atoms with Crippen molar-refractivity contribution in [2.24, 2.45) is 5.92 Å². The number of amides is 2. The SMILES string of the molecule is CCC(C(=O)NCC(C)C)N(Cc1ccccc1Cl)C(=O)CN(c1cc(C)ccc1OC)S(=O)(=O)c1ccc(C)cc1. The molecule has 0 saturated carbocycles. The van der Waals surface area contributed by atoms with Gasteiger partial charge in [-0.15, -0.1) is 0 Å². The zero-order valence-electron chi connectivity index (χ0n) is 25.1. The van der Waals surface area contributed by atoms with Gasteiger partial charge in [-0.25, -0.2) is 8.42 Å². The summed E-state index contributed by atoms with van der Waals surface area (Å²) in [5.74, 6) is -0.361. The third kappa shape index (κ3) is 8.04. The van der Waals surface area contributed by atoms with Crippen molar-refractivity contribution in [1.29, 1.82) is 0 Å². The summed E-state index contributed by atoms with van der Waals surface area (Å²) in [6, 6.07) is 17.8. The number of halogens is 1. The highest BCUT2D eigenvalue weighted by Gasteiger charge is 2.35. The highest BCUT2D eigenvalue weighted by molar-refractivity contribution is 7.92. The molecule has 0 fully saturated rings. The van der Waals surface area contributed by atoms with Crippen LogP contribution >= 0.6 is 11.6 Å². The van der Waals surface area contributed by atoms with Crippen LogP contribution in [0.25, 0.3) is 0 Å². The number of methoxy groups -OCH3 is 1. The van der Waals surface area contributed by atoms with Crippen LogP contribution in [0.2, 0.25) is 5.02 Å². The van der Waals surface area contributed by atoms with Gasteiger partial charge in [0.2, 0.25) is 11.8 Å². The van der Waals surface area contributed by atoms with E-state index in [1.165, 1.54) is 24.1 Å². The summed E-state index contributed by atoms with van der Waals surface area (Å²) in [5.41, 5.74) is 2.55. The maximum atomic E-state index is 14.3. The molecule has 10 heteroatoms. The Morgan fingerprint density at radius 2 is 1.62 bits per heavy atom. The quantitative estimate of drug-likeness (QED) is 0.265. The van der Waals surface area contributed by atoms with Crippen molar-refractivity contribution in [3.63, 3.8) is 0 Å². The molecule has 0 aliphatic heterocycles. The van der Waals surface area contributed by atoms with Crippen molar-refractivity contribution in [1.82, 2.24) is 10.2 Å². The first-order valence-electron chi connectivity index (χ1n) is 13.9. The number of nitrogens with zero attached hydrogens (tertiary/aromatic N) is 2. The van der Waals surface area contributed by atoms with Gasteiger partial charge in [-0.2, -0.15) is 0 Å². The number of nitrogens with one attached hydrogen (secondary N) is 1. The van der Waals surface area contributed by atoms with Crippen molar-refractivity contribution in [3.05, 3.63) is 88.4 Å². The Kier molecular flexibility index (Phi) is 11.4. The largest absolute Gasteiger partial charge is 0.495 e. The molecule has 3 aromatic carbocycles. The van der Waals surface area contributed by atoms with E-state index in [0.717, 1.165) is 15.4 Å². The van der Waals surface area contributed by atoms with Gasteiger partial charge >= 0.3 is 0 Å². The Balaban J connectivity index is 2.13. The van der Waals surface area contributed by atoms with Gasteiger partial charge in [0, 0.05) is 18.1 Å². The Bertz CT molecular complexity index is 1490. The lowest BCUT2D eigenvalue weighted by Gasteiger charge is -2.34. The van der Waals surface area contributed by atoms with Gasteiger partial charge in [0.15, 0.2) is 0 Å². The molecule has 3 aromatic rings. The summed E-state index contributed by atoms with van der Waals surface area (Å²) in [7, 11) is -2.78. The first-order valence-corrected chi connectivity index (χ1v) is 15.7. The topological polar surface area (TPSA) is 96.0 Å². The van der Waals surface area contributed by atoms with Crippen molar-refractivity contribution in [2.75, 3.05) is 24.5 Å². The fourth-order valence-corrected chi connectivity index (χ4v) is 6.11. The van der Waals surface area contributed by atoms with E-state index < -0.39 is 28.5 Å². The lowest BCUT2D eigenvalue weighted by molar-refractivity contribution is -0.140. The summed E-state index contributed by atoms with van der Waals surface area (Å²) >= 11 is 6.47. The van der Waals surface area contributed by atoms with Crippen LogP contribution in [0, 0.1) is 19.8 Å². The van der Waals surface area contributed by atoms with Gasteiger partial charge in [-0.1, -0.05) is 74.3 Å². The van der Waals surface area contributed by atoms with Crippen LogP contribution in [-0.2, 0) is 26.2 Å². The second-order valence-corrected chi connectivity index (χ2v) is 12.9. The van der Waals surface area contributed by atoms with E-state index in [9.17, 15) is 18.0 Å². The predicted octanol–water partition coefficient (Wildman–Crippen LogP) is 5.74. The highest BCUT2D eigenvalue weighted by Crippen LogP contribution is 2.34. The number of sulfonamides is 1. The second-order valence-electron chi connectivity index (χ2n) is 10.7. The number of rotatable bonds is 13. The van der Waals surface area contributed by atoms with Crippen LogP contribution in [-0.4, -0.2) is 51.4 Å².